The molecule has 26 heavy (non-hydrogen) atoms. The van der Waals surface area contributed by atoms with E-state index < -0.39 is 42.5 Å². The van der Waals surface area contributed by atoms with E-state index in [0.717, 1.165) is 0 Å². The molecule has 2 N–H and O–H groups in total. The lowest BCUT2D eigenvalue weighted by Gasteiger charge is -2.23. The van der Waals surface area contributed by atoms with Crippen LogP contribution in [-0.4, -0.2) is 53.8 Å². The fourth-order valence-corrected chi connectivity index (χ4v) is 2.95. The molecule has 1 amide bonds. The van der Waals surface area contributed by atoms with Crippen LogP contribution in [0, 0.1) is 11.8 Å². The van der Waals surface area contributed by atoms with Crippen molar-refractivity contribution >= 4 is 17.6 Å². The number of carboxylic acid groups (broad SMARTS) is 1. The van der Waals surface area contributed by atoms with Crippen LogP contribution in [0.15, 0.2) is 24.3 Å². The van der Waals surface area contributed by atoms with Gasteiger partial charge in [0.15, 0.2) is 0 Å². The van der Waals surface area contributed by atoms with Gasteiger partial charge in [-0.1, -0.05) is 0 Å². The zero-order valence-electron chi connectivity index (χ0n) is 14.4. The predicted molar refractivity (Wildman–Crippen MR) is 87.9 cm³/mol. The van der Waals surface area contributed by atoms with E-state index in [2.05, 4.69) is 5.32 Å². The van der Waals surface area contributed by atoms with Crippen LogP contribution >= 0.6 is 0 Å². The molecule has 1 fully saturated rings. The summed E-state index contributed by atoms with van der Waals surface area (Å²) in [6, 6.07) is 5.69. The van der Waals surface area contributed by atoms with Gasteiger partial charge in [0.2, 0.25) is 5.91 Å². The van der Waals surface area contributed by atoms with Gasteiger partial charge in [-0.2, -0.15) is 13.2 Å². The first-order valence-corrected chi connectivity index (χ1v) is 8.20. The van der Waals surface area contributed by atoms with E-state index in [1.165, 1.54) is 11.8 Å². The highest BCUT2D eigenvalue weighted by Gasteiger charge is 2.53. The minimum Gasteiger partial charge on any atom is -0.494 e. The third kappa shape index (κ3) is 4.66. The first kappa shape index (κ1) is 20.0. The van der Waals surface area contributed by atoms with E-state index in [9.17, 15) is 22.8 Å². The second kappa shape index (κ2) is 7.94. The summed E-state index contributed by atoms with van der Waals surface area (Å²) in [6.45, 7) is 2.96. The highest BCUT2D eigenvalue weighted by Crippen LogP contribution is 2.38. The number of alkyl halides is 3. The normalized spacial score (nSPS) is 22.0. The van der Waals surface area contributed by atoms with Crippen molar-refractivity contribution in [2.45, 2.75) is 26.1 Å². The summed E-state index contributed by atoms with van der Waals surface area (Å²) in [6.07, 6.45) is -4.62. The minimum absolute atomic E-state index is 0.322. The number of hydrogen-bond acceptors (Lipinski definition) is 4. The smallest absolute Gasteiger partial charge is 0.393 e. The Hall–Kier alpha value is -2.29. The maximum Gasteiger partial charge on any atom is 0.393 e. The number of carbonyl (C=O) groups excluding carboxylic acids is 1. The highest BCUT2D eigenvalue weighted by atomic mass is 19.4. The fourth-order valence-electron chi connectivity index (χ4n) is 2.95. The number of amides is 1. The number of nitrogens with zero attached hydrogens (tertiary/aromatic N) is 1. The van der Waals surface area contributed by atoms with E-state index in [-0.39, 0.29) is 6.54 Å². The molecule has 1 saturated heterocycles. The van der Waals surface area contributed by atoms with Crippen LogP contribution in [-0.2, 0) is 9.59 Å². The Bertz CT molecular complexity index is 648. The zero-order valence-corrected chi connectivity index (χ0v) is 14.4. The van der Waals surface area contributed by atoms with Crippen LogP contribution in [0.2, 0.25) is 0 Å². The van der Waals surface area contributed by atoms with Crippen LogP contribution in [0.3, 0.4) is 0 Å². The van der Waals surface area contributed by atoms with Crippen molar-refractivity contribution in [2.24, 2.45) is 11.8 Å². The molecule has 1 aromatic rings. The van der Waals surface area contributed by atoms with Gasteiger partial charge in [0.05, 0.1) is 24.5 Å². The average molecular weight is 374 g/mol. The van der Waals surface area contributed by atoms with Gasteiger partial charge in [-0.15, -0.1) is 0 Å². The van der Waals surface area contributed by atoms with Gasteiger partial charge in [-0.05, 0) is 38.1 Å². The minimum atomic E-state index is -4.62. The number of carboxylic acids is 1. The summed E-state index contributed by atoms with van der Waals surface area (Å²) >= 11 is 0. The Morgan fingerprint density at radius 2 is 1.92 bits per heavy atom. The van der Waals surface area contributed by atoms with Crippen LogP contribution in [0.4, 0.5) is 18.9 Å². The van der Waals surface area contributed by atoms with Crippen molar-refractivity contribution < 1.29 is 32.6 Å². The van der Waals surface area contributed by atoms with Gasteiger partial charge in [0.25, 0.3) is 0 Å². The molecule has 0 bridgehead atoms. The van der Waals surface area contributed by atoms with Crippen LogP contribution < -0.4 is 10.1 Å². The maximum absolute atomic E-state index is 13.1. The van der Waals surface area contributed by atoms with Crippen molar-refractivity contribution in [2.75, 3.05) is 25.0 Å². The first-order valence-electron chi connectivity index (χ1n) is 8.20. The van der Waals surface area contributed by atoms with E-state index in [1.807, 2.05) is 6.92 Å². The Morgan fingerprint density at radius 1 is 1.31 bits per heavy atom. The number of carbonyl (C=O) groups is 2. The van der Waals surface area contributed by atoms with Crippen LogP contribution in [0.1, 0.15) is 13.8 Å². The molecule has 144 valence electrons. The Morgan fingerprint density at radius 3 is 2.38 bits per heavy atom. The molecule has 2 rings (SSSR count). The van der Waals surface area contributed by atoms with Crippen molar-refractivity contribution in [1.82, 2.24) is 4.90 Å². The first-order chi connectivity index (χ1) is 12.1. The molecular formula is C17H21F3N2O4. The summed E-state index contributed by atoms with van der Waals surface area (Å²) < 4.78 is 44.5. The highest BCUT2D eigenvalue weighted by molar-refractivity contribution is 5.94. The monoisotopic (exact) mass is 374 g/mol. The molecule has 1 aliphatic heterocycles. The lowest BCUT2D eigenvalue weighted by atomic mass is 9.96. The summed E-state index contributed by atoms with van der Waals surface area (Å²) in [7, 11) is 0. The average Bonchev–Trinajstić information content (AvgIpc) is 3.02. The molecule has 0 aromatic heterocycles. The third-order valence-corrected chi connectivity index (χ3v) is 4.45. The molecule has 1 heterocycles. The molecule has 0 radical (unpaired) electrons. The topological polar surface area (TPSA) is 78.9 Å². The van der Waals surface area contributed by atoms with Crippen molar-refractivity contribution in [3.05, 3.63) is 24.3 Å². The van der Waals surface area contributed by atoms with Gasteiger partial charge >= 0.3 is 12.1 Å². The van der Waals surface area contributed by atoms with Crippen LogP contribution in [0.5, 0.6) is 5.75 Å². The largest absolute Gasteiger partial charge is 0.494 e. The molecule has 9 heteroatoms. The number of anilines is 1. The number of rotatable bonds is 6. The summed E-state index contributed by atoms with van der Waals surface area (Å²) in [5.41, 5.74) is 0.478. The number of ether oxygens (including phenoxy) is 1. The summed E-state index contributed by atoms with van der Waals surface area (Å²) in [4.78, 5) is 24.7. The van der Waals surface area contributed by atoms with Crippen molar-refractivity contribution in [3.8, 4) is 5.75 Å². The molecular weight excluding hydrogens is 353 g/mol. The molecule has 0 spiro atoms. The molecule has 3 atom stereocenters. The standard InChI is InChI=1S/C17H21F3N2O4/c1-3-26-12-6-4-11(5-7-12)21-15(23)10(2)22-8-13(16(24)25)14(9-22)17(18,19)20/h4-7,10,13-14H,3,8-9H2,1-2H3,(H,21,23)(H,24,25)/t10?,13-,14-/m1/s1. The second-order valence-corrected chi connectivity index (χ2v) is 6.17. The number of halogens is 3. The molecule has 1 aromatic carbocycles. The quantitative estimate of drug-likeness (QED) is 0.800. The third-order valence-electron chi connectivity index (χ3n) is 4.45. The van der Waals surface area contributed by atoms with E-state index in [4.69, 9.17) is 9.84 Å². The number of hydrogen-bond donors (Lipinski definition) is 2. The lowest BCUT2D eigenvalue weighted by molar-refractivity contribution is -0.188. The SMILES string of the molecule is CCOc1ccc(NC(=O)C(C)N2C[C@@H](C(F)(F)F)[C@H](C(=O)O)C2)cc1. The molecule has 0 aliphatic carbocycles. The second-order valence-electron chi connectivity index (χ2n) is 6.17. The molecule has 1 unspecified atom stereocenters. The Labute approximate surface area is 148 Å². The number of likely N-dealkylation sites (tertiary alicyclic amines) is 1. The molecule has 0 saturated carbocycles. The van der Waals surface area contributed by atoms with Crippen molar-refractivity contribution in [3.63, 3.8) is 0 Å². The predicted octanol–water partition coefficient (Wildman–Crippen LogP) is 2.61. The summed E-state index contributed by atoms with van der Waals surface area (Å²) in [5.74, 6) is -4.93. The Kier molecular flexibility index (Phi) is 6.12. The van der Waals surface area contributed by atoms with Gasteiger partial charge in [-0.3, -0.25) is 14.5 Å². The van der Waals surface area contributed by atoms with E-state index in [0.29, 0.717) is 18.0 Å². The van der Waals surface area contributed by atoms with Gasteiger partial charge in [-0.25, -0.2) is 0 Å². The zero-order chi connectivity index (χ0) is 19.5. The fraction of sp³-hybridized carbons (Fsp3) is 0.529. The van der Waals surface area contributed by atoms with Gasteiger partial charge < -0.3 is 15.2 Å². The summed E-state index contributed by atoms with van der Waals surface area (Å²) in [5, 5.41) is 11.7. The van der Waals surface area contributed by atoms with Crippen LogP contribution in [0.25, 0.3) is 0 Å². The van der Waals surface area contributed by atoms with E-state index >= 15 is 0 Å². The number of aliphatic carboxylic acids is 1. The van der Waals surface area contributed by atoms with Gasteiger partial charge in [0, 0.05) is 18.8 Å². The maximum atomic E-state index is 13.1. The Balaban J connectivity index is 2.02. The van der Waals surface area contributed by atoms with Crippen molar-refractivity contribution in [1.29, 1.82) is 0 Å². The molecule has 1 aliphatic rings. The number of nitrogens with one attached hydrogen (secondary N) is 1. The lowest BCUT2D eigenvalue weighted by Crippen LogP contribution is -2.41. The van der Waals surface area contributed by atoms with E-state index in [1.54, 1.807) is 24.3 Å². The number of benzene rings is 1. The van der Waals surface area contributed by atoms with Gasteiger partial charge in [0.1, 0.15) is 5.75 Å². The molecule has 6 nitrogen and oxygen atoms in total.